The van der Waals surface area contributed by atoms with Gasteiger partial charge in [-0.3, -0.25) is 0 Å². The van der Waals surface area contributed by atoms with Crippen LogP contribution in [0, 0.1) is 0 Å². The molecule has 0 aliphatic rings. The van der Waals surface area contributed by atoms with Gasteiger partial charge in [-0.25, -0.2) is 0 Å². The van der Waals surface area contributed by atoms with Gasteiger partial charge in [0.05, 0.1) is 22.7 Å². The molecule has 4 heteroatoms. The number of benzene rings is 17. The molecule has 478 valence electrons. The minimum Gasteiger partial charge on any atom is -0.456 e. The molecule has 0 aliphatic carbocycles. The van der Waals surface area contributed by atoms with Crippen molar-refractivity contribution in [3.05, 3.63) is 388 Å². The van der Waals surface area contributed by atoms with E-state index in [4.69, 9.17) is 8.83 Å². The zero-order valence-corrected chi connectivity index (χ0v) is 55.7. The molecule has 2 heterocycles. The Labute approximate surface area is 591 Å². The van der Waals surface area contributed by atoms with Crippen LogP contribution in [-0.4, -0.2) is 0 Å². The molecule has 0 aliphatic heterocycles. The van der Waals surface area contributed by atoms with E-state index in [0.717, 1.165) is 189 Å². The third kappa shape index (κ3) is 10.9. The fourth-order valence-electron chi connectivity index (χ4n) is 15.2. The van der Waals surface area contributed by atoms with Crippen LogP contribution in [0.5, 0.6) is 0 Å². The molecule has 0 unspecified atom stereocenters. The summed E-state index contributed by atoms with van der Waals surface area (Å²) in [6.45, 7) is 0. The van der Waals surface area contributed by atoms with Gasteiger partial charge in [-0.2, -0.15) is 0 Å². The van der Waals surface area contributed by atoms with Gasteiger partial charge >= 0.3 is 0 Å². The van der Waals surface area contributed by atoms with Gasteiger partial charge in [-0.15, -0.1) is 0 Å². The lowest BCUT2D eigenvalue weighted by Gasteiger charge is -2.31. The average Bonchev–Trinajstić information content (AvgIpc) is 0.923. The van der Waals surface area contributed by atoms with Gasteiger partial charge in [0.15, 0.2) is 0 Å². The van der Waals surface area contributed by atoms with Crippen LogP contribution < -0.4 is 9.80 Å². The Kier molecular flexibility index (Phi) is 14.9. The van der Waals surface area contributed by atoms with Crippen molar-refractivity contribution in [1.29, 1.82) is 0 Å². The number of nitrogens with zero attached hydrogens (tertiary/aromatic N) is 2. The number of furan rings is 2. The maximum Gasteiger partial charge on any atom is 0.136 e. The van der Waals surface area contributed by atoms with E-state index >= 15 is 0 Å². The van der Waals surface area contributed by atoms with Gasteiger partial charge < -0.3 is 18.6 Å². The highest BCUT2D eigenvalue weighted by Crippen LogP contribution is 2.51. The highest BCUT2D eigenvalue weighted by Gasteiger charge is 2.26. The molecule has 0 saturated carbocycles. The number of fused-ring (bicyclic) bond motifs is 8. The molecule has 4 nitrogen and oxygen atoms in total. The average molecular weight is 1300 g/mol. The summed E-state index contributed by atoms with van der Waals surface area (Å²) in [7, 11) is 0. The highest BCUT2D eigenvalue weighted by atomic mass is 16.3. The van der Waals surface area contributed by atoms with E-state index in [1.807, 2.05) is 0 Å². The van der Waals surface area contributed by atoms with Crippen molar-refractivity contribution < 1.29 is 8.83 Å². The molecule has 19 rings (SSSR count). The fraction of sp³-hybridized carbons (Fsp3) is 0. The third-order valence-corrected chi connectivity index (χ3v) is 20.2. The summed E-state index contributed by atoms with van der Waals surface area (Å²) in [4.78, 5) is 4.91. The van der Waals surface area contributed by atoms with Crippen LogP contribution >= 0.6 is 0 Å². The van der Waals surface area contributed by atoms with Gasteiger partial charge in [0.1, 0.15) is 22.3 Å². The second-order valence-corrected chi connectivity index (χ2v) is 26.3. The molecule has 0 bridgehead atoms. The molecule has 102 heavy (non-hydrogen) atoms. The molecular formula is C98H64N2O2. The molecular weight excluding hydrogens is 1240 g/mol. The molecule has 0 fully saturated rings. The summed E-state index contributed by atoms with van der Waals surface area (Å²) in [5, 5.41) is 8.40. The molecule has 0 N–H and O–H groups in total. The second-order valence-electron chi connectivity index (χ2n) is 26.3. The van der Waals surface area contributed by atoms with Gasteiger partial charge in [0.25, 0.3) is 0 Å². The lowest BCUT2D eigenvalue weighted by molar-refractivity contribution is 0.664. The minimum atomic E-state index is 0.806. The second kappa shape index (κ2) is 25.4. The zero-order chi connectivity index (χ0) is 67.5. The summed E-state index contributed by atoms with van der Waals surface area (Å²) in [5.41, 5.74) is 27.8. The van der Waals surface area contributed by atoms with E-state index in [-0.39, 0.29) is 0 Å². The number of rotatable bonds is 14. The predicted molar refractivity (Wildman–Crippen MR) is 429 cm³/mol. The normalized spacial score (nSPS) is 11.5. The summed E-state index contributed by atoms with van der Waals surface area (Å²) in [6.07, 6.45) is 0. The molecule has 19 aromatic rings. The Hall–Kier alpha value is -13.5. The molecule has 0 radical (unpaired) electrons. The maximum absolute atomic E-state index is 7.02. The minimum absolute atomic E-state index is 0.806. The van der Waals surface area contributed by atoms with Crippen molar-refractivity contribution in [3.63, 3.8) is 0 Å². The maximum atomic E-state index is 7.02. The quantitative estimate of drug-likeness (QED) is 0.109. The Bertz CT molecular complexity index is 5690. The molecule has 0 saturated heterocycles. The van der Waals surface area contributed by atoms with Gasteiger partial charge in [0.2, 0.25) is 0 Å². The van der Waals surface area contributed by atoms with Crippen molar-refractivity contribution in [2.45, 2.75) is 0 Å². The first-order valence-electron chi connectivity index (χ1n) is 34.8. The first kappa shape index (κ1) is 59.7. The fourth-order valence-corrected chi connectivity index (χ4v) is 15.2. The van der Waals surface area contributed by atoms with Crippen LogP contribution in [0.3, 0.4) is 0 Å². The Morgan fingerprint density at radius 1 is 0.157 bits per heavy atom. The number of hydrogen-bond donors (Lipinski definition) is 0. The largest absolute Gasteiger partial charge is 0.456 e. The predicted octanol–water partition coefficient (Wildman–Crippen LogP) is 28.1. The third-order valence-electron chi connectivity index (χ3n) is 20.2. The van der Waals surface area contributed by atoms with Crippen molar-refractivity contribution in [3.8, 4) is 89.0 Å². The van der Waals surface area contributed by atoms with Crippen LogP contribution in [0.25, 0.3) is 154 Å². The Morgan fingerprint density at radius 2 is 0.392 bits per heavy atom. The first-order valence-corrected chi connectivity index (χ1v) is 34.8. The van der Waals surface area contributed by atoms with Crippen LogP contribution in [0.2, 0.25) is 0 Å². The molecule has 17 aromatic carbocycles. The van der Waals surface area contributed by atoms with E-state index in [2.05, 4.69) is 398 Å². The van der Waals surface area contributed by atoms with Crippen LogP contribution in [-0.2, 0) is 0 Å². The number of hydrogen-bond acceptors (Lipinski definition) is 4. The Balaban J connectivity index is 0.745. The van der Waals surface area contributed by atoms with E-state index in [0.29, 0.717) is 0 Å². The molecule has 0 atom stereocenters. The van der Waals surface area contributed by atoms with Crippen molar-refractivity contribution in [2.24, 2.45) is 0 Å². The SMILES string of the molecule is c1ccc(-c2ccc(N(c3ccc4cc5c(cc4c3)oc3cc4c(cc35)oc3cc5cc(N(c6ccc(-c7ccccc7)cc6-c6ccccc6)c6ccc(-c7ccccc7)cc6-c6ccccc6)ccc5cc34)c3ccc(-c4ccccc4)cc3-c3ccccc3)c(-c3ccccc3)c2)cc1. The van der Waals surface area contributed by atoms with Crippen LogP contribution in [0.15, 0.2) is 397 Å². The van der Waals surface area contributed by atoms with Gasteiger partial charge in [-0.1, -0.05) is 279 Å². The van der Waals surface area contributed by atoms with E-state index in [1.54, 1.807) is 0 Å². The summed E-state index contributed by atoms with van der Waals surface area (Å²) >= 11 is 0. The standard InChI is InChI=1S/C98H64N2O2/c1-9-25-65(26-10-1)73-43-49-91(83(55-73)69-33-17-5-18-34-69)99(92-50-44-74(66-27-11-2-12-28-66)56-84(92)70-35-19-6-20-36-70)81-47-41-77-59-87-89-63-98-90(64-97(89)101-95(87)61-79(77)53-81)88-60-78-42-48-82(54-80(78)62-96(88)102-98)100(93-51-45-75(67-29-13-3-14-30-67)57-85(93)71-37-21-7-22-38-71)94-52-46-76(68-31-15-4-16-32-68)58-86(94)72-39-23-8-24-40-72/h1-64H. The van der Waals surface area contributed by atoms with Crippen LogP contribution in [0.4, 0.5) is 34.1 Å². The van der Waals surface area contributed by atoms with Crippen LogP contribution in [0.1, 0.15) is 0 Å². The smallest absolute Gasteiger partial charge is 0.136 e. The first-order chi connectivity index (χ1) is 50.5. The van der Waals surface area contributed by atoms with Crippen molar-refractivity contribution in [2.75, 3.05) is 9.80 Å². The van der Waals surface area contributed by atoms with E-state index < -0.39 is 0 Å². The Morgan fingerprint density at radius 3 is 0.657 bits per heavy atom. The van der Waals surface area contributed by atoms with Gasteiger partial charge in [-0.05, 0) is 198 Å². The summed E-state index contributed by atoms with van der Waals surface area (Å²) < 4.78 is 14.0. The van der Waals surface area contributed by atoms with Crippen molar-refractivity contribution in [1.82, 2.24) is 0 Å². The summed E-state index contributed by atoms with van der Waals surface area (Å²) in [6, 6.07) is 141. The molecule has 2 aromatic heterocycles. The van der Waals surface area contributed by atoms with Gasteiger partial charge in [0, 0.05) is 55.2 Å². The molecule has 0 amide bonds. The lowest BCUT2D eigenvalue weighted by atomic mass is 9.93. The van der Waals surface area contributed by atoms with Crippen molar-refractivity contribution >= 4 is 99.5 Å². The highest BCUT2D eigenvalue weighted by molar-refractivity contribution is 6.18. The topological polar surface area (TPSA) is 32.8 Å². The number of anilines is 6. The monoisotopic (exact) mass is 1300 g/mol. The van der Waals surface area contributed by atoms with E-state index in [1.165, 1.54) is 0 Å². The summed E-state index contributed by atoms with van der Waals surface area (Å²) in [5.74, 6) is 0. The zero-order valence-electron chi connectivity index (χ0n) is 55.7. The molecule has 0 spiro atoms. The lowest BCUT2D eigenvalue weighted by Crippen LogP contribution is -2.13. The van der Waals surface area contributed by atoms with E-state index in [9.17, 15) is 0 Å².